The van der Waals surface area contributed by atoms with Crippen LogP contribution in [0.3, 0.4) is 0 Å². The Morgan fingerprint density at radius 2 is 1.79 bits per heavy atom. The molecule has 0 aromatic carbocycles. The molecule has 1 saturated heterocycles. The van der Waals surface area contributed by atoms with Gasteiger partial charge >= 0.3 is 0 Å². The van der Waals surface area contributed by atoms with Crippen molar-refractivity contribution in [1.29, 1.82) is 0 Å². The second kappa shape index (κ2) is 4.75. The number of thiophene rings is 1. The molecule has 106 valence electrons. The lowest BCUT2D eigenvalue weighted by Gasteiger charge is -2.38. The van der Waals surface area contributed by atoms with E-state index in [-0.39, 0.29) is 0 Å². The molecule has 2 heterocycles. The summed E-state index contributed by atoms with van der Waals surface area (Å²) in [6.45, 7) is 1.33. The highest BCUT2D eigenvalue weighted by Gasteiger charge is 2.40. The predicted octanol–water partition coefficient (Wildman–Crippen LogP) is 2.68. The van der Waals surface area contributed by atoms with Gasteiger partial charge in [-0.25, -0.2) is 8.42 Å². The van der Waals surface area contributed by atoms with Crippen molar-refractivity contribution in [2.24, 2.45) is 5.41 Å². The number of nitrogen functional groups attached to an aromatic ring is 1. The maximum Gasteiger partial charge on any atom is 0.252 e. The molecule has 1 aromatic rings. The Morgan fingerprint density at radius 1 is 1.16 bits per heavy atom. The van der Waals surface area contributed by atoms with E-state index < -0.39 is 10.0 Å². The minimum Gasteiger partial charge on any atom is -0.398 e. The number of anilines is 1. The SMILES string of the molecule is Nc1csc(S(=O)(=O)N2CCC3(CCCC3)CC2)c1. The van der Waals surface area contributed by atoms with E-state index in [9.17, 15) is 8.42 Å². The minimum atomic E-state index is -3.32. The lowest BCUT2D eigenvalue weighted by atomic mass is 9.78. The minimum absolute atomic E-state index is 0.382. The van der Waals surface area contributed by atoms with E-state index in [0.29, 0.717) is 28.4 Å². The van der Waals surface area contributed by atoms with Crippen LogP contribution in [0, 0.1) is 5.41 Å². The first-order chi connectivity index (χ1) is 9.02. The lowest BCUT2D eigenvalue weighted by Crippen LogP contribution is -2.41. The molecule has 1 aliphatic heterocycles. The van der Waals surface area contributed by atoms with Crippen LogP contribution in [0.25, 0.3) is 0 Å². The first kappa shape index (κ1) is 13.4. The largest absolute Gasteiger partial charge is 0.398 e. The summed E-state index contributed by atoms with van der Waals surface area (Å²) in [4.78, 5) is 0. The highest BCUT2D eigenvalue weighted by atomic mass is 32.2. The van der Waals surface area contributed by atoms with E-state index in [4.69, 9.17) is 5.73 Å². The van der Waals surface area contributed by atoms with E-state index in [1.54, 1.807) is 15.8 Å². The normalized spacial score (nSPS) is 24.0. The summed E-state index contributed by atoms with van der Waals surface area (Å²) >= 11 is 1.22. The molecule has 0 unspecified atom stereocenters. The van der Waals surface area contributed by atoms with Gasteiger partial charge in [0.25, 0.3) is 10.0 Å². The monoisotopic (exact) mass is 300 g/mol. The fourth-order valence-electron chi connectivity index (χ4n) is 3.42. The van der Waals surface area contributed by atoms with Crippen LogP contribution in [-0.4, -0.2) is 25.8 Å². The molecule has 2 N–H and O–H groups in total. The highest BCUT2D eigenvalue weighted by Crippen LogP contribution is 2.46. The van der Waals surface area contributed by atoms with E-state index in [1.807, 2.05) is 0 Å². The van der Waals surface area contributed by atoms with E-state index >= 15 is 0 Å². The van der Waals surface area contributed by atoms with Crippen molar-refractivity contribution in [3.05, 3.63) is 11.4 Å². The van der Waals surface area contributed by atoms with Crippen LogP contribution in [0.2, 0.25) is 0 Å². The third-order valence-corrected chi connectivity index (χ3v) is 7.97. The Bertz CT molecular complexity index is 549. The van der Waals surface area contributed by atoms with Crippen molar-refractivity contribution < 1.29 is 8.42 Å². The molecule has 19 heavy (non-hydrogen) atoms. The molecule has 0 bridgehead atoms. The van der Waals surface area contributed by atoms with Gasteiger partial charge in [-0.3, -0.25) is 0 Å². The third-order valence-electron chi connectivity index (χ3n) is 4.64. The van der Waals surface area contributed by atoms with Gasteiger partial charge in [0.2, 0.25) is 0 Å². The first-order valence-corrected chi connectivity index (χ1v) is 9.18. The van der Waals surface area contributed by atoms with E-state index in [1.165, 1.54) is 37.0 Å². The molecule has 4 nitrogen and oxygen atoms in total. The number of nitrogens with zero attached hydrogens (tertiary/aromatic N) is 1. The van der Waals surface area contributed by atoms with Gasteiger partial charge < -0.3 is 5.73 Å². The zero-order valence-electron chi connectivity index (χ0n) is 11.0. The molecule has 0 atom stereocenters. The summed E-state index contributed by atoms with van der Waals surface area (Å²) < 4.78 is 27.0. The van der Waals surface area contributed by atoms with Crippen LogP contribution in [-0.2, 0) is 10.0 Å². The highest BCUT2D eigenvalue weighted by molar-refractivity contribution is 7.91. The molecule has 2 aliphatic rings. The molecule has 6 heteroatoms. The van der Waals surface area contributed by atoms with Gasteiger partial charge in [-0.1, -0.05) is 12.8 Å². The van der Waals surface area contributed by atoms with Gasteiger partial charge in [0.15, 0.2) is 0 Å². The lowest BCUT2D eigenvalue weighted by molar-refractivity contribution is 0.160. The summed E-state index contributed by atoms with van der Waals surface area (Å²) in [6, 6.07) is 1.57. The quantitative estimate of drug-likeness (QED) is 0.913. The summed E-state index contributed by atoms with van der Waals surface area (Å²) in [5.41, 5.74) is 6.61. The van der Waals surface area contributed by atoms with Crippen molar-refractivity contribution >= 4 is 27.0 Å². The molecule has 1 spiro atoms. The van der Waals surface area contributed by atoms with Crippen LogP contribution in [0.4, 0.5) is 5.69 Å². The van der Waals surface area contributed by atoms with E-state index in [0.717, 1.165) is 12.8 Å². The molecular formula is C13H20N2O2S2. The fraction of sp³-hybridized carbons (Fsp3) is 0.692. The summed E-state index contributed by atoms with van der Waals surface area (Å²) in [6.07, 6.45) is 7.24. The average Bonchev–Trinajstić information content (AvgIpc) is 3.00. The number of rotatable bonds is 2. The Balaban J connectivity index is 1.74. The number of piperidine rings is 1. The van der Waals surface area contributed by atoms with Crippen LogP contribution >= 0.6 is 11.3 Å². The molecular weight excluding hydrogens is 280 g/mol. The molecule has 0 amide bonds. The number of sulfonamides is 1. The van der Waals surface area contributed by atoms with Crippen molar-refractivity contribution in [2.45, 2.75) is 42.7 Å². The Kier molecular flexibility index (Phi) is 3.35. The first-order valence-electron chi connectivity index (χ1n) is 6.86. The van der Waals surface area contributed by atoms with Gasteiger partial charge in [-0.15, -0.1) is 11.3 Å². The van der Waals surface area contributed by atoms with Gasteiger partial charge in [0.1, 0.15) is 4.21 Å². The molecule has 1 aromatic heterocycles. The molecule has 3 rings (SSSR count). The standard InChI is InChI=1S/C13H20N2O2S2/c14-11-9-12(18-10-11)19(16,17)15-7-5-13(6-8-15)3-1-2-4-13/h9-10H,1-8,14H2. The Hall–Kier alpha value is -0.590. The second-order valence-corrected chi connectivity index (χ2v) is 8.89. The Morgan fingerprint density at radius 3 is 2.32 bits per heavy atom. The van der Waals surface area contributed by atoms with Crippen molar-refractivity contribution in [3.63, 3.8) is 0 Å². The van der Waals surface area contributed by atoms with Crippen LogP contribution in [0.1, 0.15) is 38.5 Å². The molecule has 1 saturated carbocycles. The third kappa shape index (κ3) is 2.41. The van der Waals surface area contributed by atoms with Crippen LogP contribution < -0.4 is 5.73 Å². The maximum atomic E-state index is 12.5. The molecule has 2 fully saturated rings. The van der Waals surface area contributed by atoms with Gasteiger partial charge in [-0.05, 0) is 37.2 Å². The molecule has 0 radical (unpaired) electrons. The second-order valence-electron chi connectivity index (χ2n) is 5.81. The van der Waals surface area contributed by atoms with Crippen LogP contribution in [0.15, 0.2) is 15.7 Å². The topological polar surface area (TPSA) is 63.4 Å². The summed E-state index contributed by atoms with van der Waals surface area (Å²) in [7, 11) is -3.32. The van der Waals surface area contributed by atoms with Gasteiger partial charge in [-0.2, -0.15) is 4.31 Å². The number of hydrogen-bond donors (Lipinski definition) is 1. The van der Waals surface area contributed by atoms with E-state index in [2.05, 4.69) is 0 Å². The summed E-state index contributed by atoms with van der Waals surface area (Å²) in [5.74, 6) is 0. The summed E-state index contributed by atoms with van der Waals surface area (Å²) in [5, 5.41) is 1.69. The molecule has 1 aliphatic carbocycles. The van der Waals surface area contributed by atoms with Crippen LogP contribution in [0.5, 0.6) is 0 Å². The van der Waals surface area contributed by atoms with Crippen molar-refractivity contribution in [3.8, 4) is 0 Å². The zero-order valence-corrected chi connectivity index (χ0v) is 12.6. The zero-order chi connectivity index (χ0) is 13.5. The Labute approximate surface area is 118 Å². The number of nitrogens with two attached hydrogens (primary N) is 1. The smallest absolute Gasteiger partial charge is 0.252 e. The van der Waals surface area contributed by atoms with Gasteiger partial charge in [0.05, 0.1) is 0 Å². The van der Waals surface area contributed by atoms with Crippen molar-refractivity contribution in [2.75, 3.05) is 18.8 Å². The predicted molar refractivity (Wildman–Crippen MR) is 77.6 cm³/mol. The number of hydrogen-bond acceptors (Lipinski definition) is 4. The van der Waals surface area contributed by atoms with Gasteiger partial charge in [0, 0.05) is 24.2 Å². The average molecular weight is 300 g/mol. The van der Waals surface area contributed by atoms with Crippen molar-refractivity contribution in [1.82, 2.24) is 4.31 Å². The maximum absolute atomic E-state index is 12.5. The fourth-order valence-corrected chi connectivity index (χ4v) is 6.09.